The van der Waals surface area contributed by atoms with E-state index in [1.54, 1.807) is 0 Å². The third-order valence-electron chi connectivity index (χ3n) is 3.86. The highest BCUT2D eigenvalue weighted by Gasteiger charge is 2.10. The van der Waals surface area contributed by atoms with Gasteiger partial charge in [-0.1, -0.05) is 47.5 Å². The Labute approximate surface area is 133 Å². The van der Waals surface area contributed by atoms with Gasteiger partial charge >= 0.3 is 0 Å². The van der Waals surface area contributed by atoms with Crippen molar-refractivity contribution in [3.05, 3.63) is 64.7 Å². The van der Waals surface area contributed by atoms with Crippen LogP contribution in [0.15, 0.2) is 42.5 Å². The summed E-state index contributed by atoms with van der Waals surface area (Å²) in [6, 6.07) is 16.8. The molecule has 22 heavy (non-hydrogen) atoms. The Morgan fingerprint density at radius 2 is 1.68 bits per heavy atom. The van der Waals surface area contributed by atoms with E-state index in [0.717, 1.165) is 29.7 Å². The molecule has 2 aromatic carbocycles. The third-order valence-corrected chi connectivity index (χ3v) is 3.86. The fraction of sp³-hybridized carbons (Fsp3) is 0.350. The molecule has 0 radical (unpaired) electrons. The van der Waals surface area contributed by atoms with Crippen molar-refractivity contribution in [3.63, 3.8) is 0 Å². The molecule has 0 aliphatic heterocycles. The largest absolute Gasteiger partial charge is 0.493 e. The molecular formula is C20H23NO. The lowest BCUT2D eigenvalue weighted by Gasteiger charge is -2.12. The summed E-state index contributed by atoms with van der Waals surface area (Å²) in [5.41, 5.74) is 4.72. The van der Waals surface area contributed by atoms with E-state index in [1.165, 1.54) is 11.1 Å². The van der Waals surface area contributed by atoms with Gasteiger partial charge in [-0.25, -0.2) is 0 Å². The molecule has 2 heteroatoms. The maximum Gasteiger partial charge on any atom is 0.122 e. The second kappa shape index (κ2) is 7.66. The van der Waals surface area contributed by atoms with Crippen molar-refractivity contribution in [2.24, 2.45) is 0 Å². The van der Waals surface area contributed by atoms with E-state index in [1.807, 2.05) is 18.2 Å². The third kappa shape index (κ3) is 4.36. The minimum Gasteiger partial charge on any atom is -0.493 e. The fourth-order valence-electron chi connectivity index (χ4n) is 2.54. The summed E-state index contributed by atoms with van der Waals surface area (Å²) in [7, 11) is 0. The van der Waals surface area contributed by atoms with E-state index in [-0.39, 0.29) is 5.92 Å². The van der Waals surface area contributed by atoms with Crippen LogP contribution in [0.3, 0.4) is 0 Å². The van der Waals surface area contributed by atoms with Crippen molar-refractivity contribution in [3.8, 4) is 11.8 Å². The molecule has 0 fully saturated rings. The Hall–Kier alpha value is -2.27. The number of rotatable bonds is 6. The van der Waals surface area contributed by atoms with Crippen molar-refractivity contribution < 1.29 is 4.74 Å². The first-order valence-corrected chi connectivity index (χ1v) is 7.76. The van der Waals surface area contributed by atoms with Crippen LogP contribution in [0.4, 0.5) is 0 Å². The molecule has 2 nitrogen and oxygen atoms in total. The van der Waals surface area contributed by atoms with Crippen molar-refractivity contribution >= 4 is 0 Å². The Bertz CT molecular complexity index is 652. The summed E-state index contributed by atoms with van der Waals surface area (Å²) in [4.78, 5) is 0. The van der Waals surface area contributed by atoms with Crippen molar-refractivity contribution in [2.75, 3.05) is 6.61 Å². The SMILES string of the molecule is Cc1ccc(C(C#N)CCCOc2ccc(C)cc2C)cc1. The van der Waals surface area contributed by atoms with Crippen LogP contribution >= 0.6 is 0 Å². The molecule has 1 atom stereocenters. The zero-order valence-electron chi connectivity index (χ0n) is 13.6. The maximum atomic E-state index is 9.35. The van der Waals surface area contributed by atoms with Gasteiger partial charge in [-0.3, -0.25) is 0 Å². The first-order chi connectivity index (χ1) is 10.6. The number of hydrogen-bond donors (Lipinski definition) is 0. The number of ether oxygens (including phenoxy) is 1. The lowest BCUT2D eigenvalue weighted by Crippen LogP contribution is -2.03. The average molecular weight is 293 g/mol. The Balaban J connectivity index is 1.84. The van der Waals surface area contributed by atoms with Gasteiger partial charge < -0.3 is 4.74 Å². The lowest BCUT2D eigenvalue weighted by atomic mass is 9.95. The van der Waals surface area contributed by atoms with Crippen LogP contribution in [0.2, 0.25) is 0 Å². The Kier molecular flexibility index (Phi) is 5.61. The van der Waals surface area contributed by atoms with Gasteiger partial charge in [0, 0.05) is 0 Å². The van der Waals surface area contributed by atoms with Gasteiger partial charge in [-0.2, -0.15) is 5.26 Å². The molecule has 0 aliphatic rings. The van der Waals surface area contributed by atoms with Crippen molar-refractivity contribution in [1.82, 2.24) is 0 Å². The first-order valence-electron chi connectivity index (χ1n) is 7.76. The van der Waals surface area contributed by atoms with Crippen LogP contribution in [-0.4, -0.2) is 6.61 Å². The molecule has 2 aromatic rings. The quantitative estimate of drug-likeness (QED) is 0.696. The first kappa shape index (κ1) is 16.1. The van der Waals surface area contributed by atoms with Gasteiger partial charge in [0.25, 0.3) is 0 Å². The number of benzene rings is 2. The molecule has 0 bridgehead atoms. The molecule has 2 rings (SSSR count). The van der Waals surface area contributed by atoms with Gasteiger partial charge in [-0.15, -0.1) is 0 Å². The zero-order valence-corrected chi connectivity index (χ0v) is 13.6. The molecule has 0 N–H and O–H groups in total. The molecular weight excluding hydrogens is 270 g/mol. The zero-order chi connectivity index (χ0) is 15.9. The smallest absolute Gasteiger partial charge is 0.122 e. The highest BCUT2D eigenvalue weighted by atomic mass is 16.5. The average Bonchev–Trinajstić information content (AvgIpc) is 2.50. The van der Waals surface area contributed by atoms with Crippen LogP contribution in [-0.2, 0) is 0 Å². The molecule has 0 aliphatic carbocycles. The van der Waals surface area contributed by atoms with Crippen LogP contribution in [0.5, 0.6) is 5.75 Å². The second-order valence-corrected chi connectivity index (χ2v) is 5.85. The molecule has 0 saturated heterocycles. The number of aryl methyl sites for hydroxylation is 3. The predicted molar refractivity (Wildman–Crippen MR) is 90.2 cm³/mol. The van der Waals surface area contributed by atoms with Crippen LogP contribution in [0, 0.1) is 32.1 Å². The van der Waals surface area contributed by atoms with Crippen molar-refractivity contribution in [1.29, 1.82) is 5.26 Å². The summed E-state index contributed by atoms with van der Waals surface area (Å²) in [5.74, 6) is 0.887. The standard InChI is InChI=1S/C20H23NO/c1-15-6-9-18(10-7-15)19(14-21)5-4-12-22-20-11-8-16(2)13-17(20)3/h6-11,13,19H,4-5,12H2,1-3H3. The second-order valence-electron chi connectivity index (χ2n) is 5.85. The van der Waals surface area contributed by atoms with Gasteiger partial charge in [0.15, 0.2) is 0 Å². The van der Waals surface area contributed by atoms with E-state index >= 15 is 0 Å². The van der Waals surface area contributed by atoms with Crippen LogP contribution in [0.1, 0.15) is 41.0 Å². The summed E-state index contributed by atoms with van der Waals surface area (Å²) in [5, 5.41) is 9.35. The van der Waals surface area contributed by atoms with Crippen LogP contribution in [0.25, 0.3) is 0 Å². The summed E-state index contributed by atoms with van der Waals surface area (Å²) >= 11 is 0. The molecule has 0 spiro atoms. The molecule has 0 aromatic heterocycles. The normalized spacial score (nSPS) is 11.7. The van der Waals surface area contributed by atoms with E-state index in [4.69, 9.17) is 4.74 Å². The number of nitrogens with zero attached hydrogens (tertiary/aromatic N) is 1. The molecule has 0 amide bonds. The monoisotopic (exact) mass is 293 g/mol. The lowest BCUT2D eigenvalue weighted by molar-refractivity contribution is 0.303. The Morgan fingerprint density at radius 3 is 2.32 bits per heavy atom. The summed E-state index contributed by atoms with van der Waals surface area (Å²) in [6.45, 7) is 6.85. The maximum absolute atomic E-state index is 9.35. The van der Waals surface area contributed by atoms with E-state index < -0.39 is 0 Å². The topological polar surface area (TPSA) is 33.0 Å². The number of nitriles is 1. The van der Waals surface area contributed by atoms with Gasteiger partial charge in [0.2, 0.25) is 0 Å². The molecule has 0 saturated carbocycles. The highest BCUT2D eigenvalue weighted by Crippen LogP contribution is 2.22. The molecule has 0 heterocycles. The fourth-order valence-corrected chi connectivity index (χ4v) is 2.54. The predicted octanol–water partition coefficient (Wildman–Crippen LogP) is 5.08. The summed E-state index contributed by atoms with van der Waals surface area (Å²) < 4.78 is 5.83. The molecule has 114 valence electrons. The molecule has 1 unspecified atom stereocenters. The van der Waals surface area contributed by atoms with E-state index in [9.17, 15) is 5.26 Å². The van der Waals surface area contributed by atoms with E-state index in [0.29, 0.717) is 6.61 Å². The van der Waals surface area contributed by atoms with Crippen molar-refractivity contribution in [2.45, 2.75) is 39.5 Å². The van der Waals surface area contributed by atoms with E-state index in [2.05, 4.69) is 51.1 Å². The van der Waals surface area contributed by atoms with Crippen LogP contribution < -0.4 is 4.74 Å². The summed E-state index contributed by atoms with van der Waals surface area (Å²) in [6.07, 6.45) is 1.70. The minimum atomic E-state index is -0.0525. The highest BCUT2D eigenvalue weighted by molar-refractivity contribution is 5.35. The van der Waals surface area contributed by atoms with Gasteiger partial charge in [0.05, 0.1) is 18.6 Å². The Morgan fingerprint density at radius 1 is 1.00 bits per heavy atom. The number of hydrogen-bond acceptors (Lipinski definition) is 2. The minimum absolute atomic E-state index is 0.0525. The van der Waals surface area contributed by atoms with Gasteiger partial charge in [-0.05, 0) is 50.8 Å². The van der Waals surface area contributed by atoms with Gasteiger partial charge in [0.1, 0.15) is 5.75 Å².